The molecular formula is C19H16N2O5S. The summed E-state index contributed by atoms with van der Waals surface area (Å²) >= 11 is 0. The maximum atomic E-state index is 12.1. The molecule has 0 spiro atoms. The first kappa shape index (κ1) is 20.1. The van der Waals surface area contributed by atoms with Gasteiger partial charge in [-0.15, -0.1) is 0 Å². The third-order valence-corrected chi connectivity index (χ3v) is 4.83. The van der Waals surface area contributed by atoms with E-state index < -0.39 is 14.9 Å². The zero-order chi connectivity index (χ0) is 19.7. The molecule has 0 aliphatic heterocycles. The minimum Gasteiger partial charge on any atom is -0.384 e. The van der Waals surface area contributed by atoms with Gasteiger partial charge in [-0.25, -0.2) is 13.1 Å². The Morgan fingerprint density at radius 1 is 1.00 bits per heavy atom. The molecule has 0 heterocycles. The second-order valence-corrected chi connectivity index (χ2v) is 6.97. The first-order chi connectivity index (χ1) is 12.9. The summed E-state index contributed by atoms with van der Waals surface area (Å²) < 4.78 is 26.7. The van der Waals surface area contributed by atoms with Gasteiger partial charge >= 0.3 is 0 Å². The van der Waals surface area contributed by atoms with Gasteiger partial charge in [-0.05, 0) is 24.3 Å². The fourth-order valence-corrected chi connectivity index (χ4v) is 3.10. The van der Waals surface area contributed by atoms with E-state index >= 15 is 0 Å². The minimum atomic E-state index is -3.76. The van der Waals surface area contributed by atoms with E-state index in [1.165, 1.54) is 12.1 Å². The molecule has 0 saturated heterocycles. The summed E-state index contributed by atoms with van der Waals surface area (Å²) in [5.74, 6) is 11.2. The standard InChI is InChI=1S/C19H16N2O5S/c22-15-5-9-17-7-2-1-6-16(17)8-3-4-14-20-27(25,26)19-12-10-18(11-13-19)21(23)24/h1-2,6-7,10-13,20,22H,4,14-15H2. The van der Waals surface area contributed by atoms with Crippen molar-refractivity contribution in [1.29, 1.82) is 0 Å². The first-order valence-corrected chi connectivity index (χ1v) is 9.34. The molecule has 0 aliphatic rings. The summed E-state index contributed by atoms with van der Waals surface area (Å²) in [4.78, 5) is 9.96. The summed E-state index contributed by atoms with van der Waals surface area (Å²) in [7, 11) is -3.76. The quantitative estimate of drug-likeness (QED) is 0.353. The minimum absolute atomic E-state index is 0.0503. The molecule has 2 aromatic rings. The lowest BCUT2D eigenvalue weighted by Crippen LogP contribution is -2.24. The van der Waals surface area contributed by atoms with Crippen LogP contribution in [0.3, 0.4) is 0 Å². The Kier molecular flexibility index (Phi) is 7.09. The second-order valence-electron chi connectivity index (χ2n) is 5.21. The normalized spacial score (nSPS) is 10.3. The number of hydrogen-bond acceptors (Lipinski definition) is 5. The average molecular weight is 384 g/mol. The number of sulfonamides is 1. The van der Waals surface area contributed by atoms with Crippen LogP contribution in [-0.2, 0) is 10.0 Å². The maximum absolute atomic E-state index is 12.1. The Balaban J connectivity index is 1.97. The molecule has 0 saturated carbocycles. The molecule has 0 radical (unpaired) electrons. The van der Waals surface area contributed by atoms with E-state index in [4.69, 9.17) is 5.11 Å². The van der Waals surface area contributed by atoms with E-state index in [0.29, 0.717) is 11.1 Å². The fraction of sp³-hybridized carbons (Fsp3) is 0.158. The van der Waals surface area contributed by atoms with Gasteiger partial charge in [0.1, 0.15) is 6.61 Å². The lowest BCUT2D eigenvalue weighted by Gasteiger charge is -2.04. The number of non-ortho nitro benzene ring substituents is 1. The van der Waals surface area contributed by atoms with Crippen LogP contribution in [0.5, 0.6) is 0 Å². The number of nitrogens with zero attached hydrogens (tertiary/aromatic N) is 1. The van der Waals surface area contributed by atoms with Crippen molar-refractivity contribution in [2.45, 2.75) is 11.3 Å². The number of benzene rings is 2. The number of hydrogen-bond donors (Lipinski definition) is 2. The van der Waals surface area contributed by atoms with Crippen LogP contribution in [0.15, 0.2) is 53.4 Å². The third-order valence-electron chi connectivity index (χ3n) is 3.35. The highest BCUT2D eigenvalue weighted by Gasteiger charge is 2.14. The van der Waals surface area contributed by atoms with Crippen molar-refractivity contribution in [2.24, 2.45) is 0 Å². The Bertz CT molecular complexity index is 1040. The van der Waals surface area contributed by atoms with Crippen LogP contribution >= 0.6 is 0 Å². The van der Waals surface area contributed by atoms with Crippen molar-refractivity contribution in [3.05, 3.63) is 69.8 Å². The van der Waals surface area contributed by atoms with E-state index in [-0.39, 0.29) is 30.2 Å². The largest absolute Gasteiger partial charge is 0.384 e. The molecule has 0 amide bonds. The zero-order valence-electron chi connectivity index (χ0n) is 14.2. The highest BCUT2D eigenvalue weighted by atomic mass is 32.2. The number of aliphatic hydroxyl groups excluding tert-OH is 1. The van der Waals surface area contributed by atoms with Gasteiger partial charge < -0.3 is 5.11 Å². The molecule has 2 rings (SSSR count). The molecular weight excluding hydrogens is 368 g/mol. The van der Waals surface area contributed by atoms with Crippen molar-refractivity contribution >= 4 is 15.7 Å². The lowest BCUT2D eigenvalue weighted by molar-refractivity contribution is -0.384. The Hall–Kier alpha value is -3.17. The molecule has 8 heteroatoms. The van der Waals surface area contributed by atoms with Crippen molar-refractivity contribution in [3.8, 4) is 23.7 Å². The number of nitro benzene ring substituents is 1. The summed E-state index contributed by atoms with van der Waals surface area (Å²) in [5, 5.41) is 19.4. The van der Waals surface area contributed by atoms with Crippen LogP contribution in [0.2, 0.25) is 0 Å². The monoisotopic (exact) mass is 384 g/mol. The van der Waals surface area contributed by atoms with Crippen LogP contribution in [0.25, 0.3) is 0 Å². The van der Waals surface area contributed by atoms with Gasteiger partial charge in [-0.2, -0.15) is 0 Å². The van der Waals surface area contributed by atoms with Gasteiger partial charge in [0.15, 0.2) is 0 Å². The predicted octanol–water partition coefficient (Wildman–Crippen LogP) is 1.66. The molecule has 0 bridgehead atoms. The molecule has 0 aromatic heterocycles. The van der Waals surface area contributed by atoms with Crippen molar-refractivity contribution in [3.63, 3.8) is 0 Å². The fourth-order valence-electron chi connectivity index (χ4n) is 2.07. The summed E-state index contributed by atoms with van der Waals surface area (Å²) in [6, 6.07) is 11.8. The highest BCUT2D eigenvalue weighted by Crippen LogP contribution is 2.15. The Morgan fingerprint density at radius 2 is 1.59 bits per heavy atom. The summed E-state index contributed by atoms with van der Waals surface area (Å²) in [6.45, 7) is -0.150. The van der Waals surface area contributed by atoms with Crippen molar-refractivity contribution in [2.75, 3.05) is 13.2 Å². The van der Waals surface area contributed by atoms with Crippen LogP contribution in [0.4, 0.5) is 5.69 Å². The molecule has 0 aliphatic carbocycles. The Labute approximate surface area is 157 Å². The number of nitrogens with one attached hydrogen (secondary N) is 1. The van der Waals surface area contributed by atoms with Crippen LogP contribution in [-0.4, -0.2) is 31.6 Å². The zero-order valence-corrected chi connectivity index (χ0v) is 15.0. The SMILES string of the molecule is O=[N+]([O-])c1ccc(S(=O)(=O)NCCC#Cc2ccccc2C#CCO)cc1. The molecule has 7 nitrogen and oxygen atoms in total. The van der Waals surface area contributed by atoms with Gasteiger partial charge in [0.25, 0.3) is 5.69 Å². The lowest BCUT2D eigenvalue weighted by atomic mass is 10.1. The first-order valence-electron chi connectivity index (χ1n) is 7.86. The molecule has 138 valence electrons. The number of nitro groups is 1. The summed E-state index contributed by atoms with van der Waals surface area (Å²) in [6.07, 6.45) is 0.272. The third kappa shape index (κ3) is 5.94. The smallest absolute Gasteiger partial charge is 0.269 e. The van der Waals surface area contributed by atoms with Crippen molar-refractivity contribution < 1.29 is 18.4 Å². The predicted molar refractivity (Wildman–Crippen MR) is 100 cm³/mol. The van der Waals surface area contributed by atoms with Crippen LogP contribution in [0, 0.1) is 33.8 Å². The van der Waals surface area contributed by atoms with Gasteiger partial charge in [0.2, 0.25) is 10.0 Å². The van der Waals surface area contributed by atoms with E-state index in [9.17, 15) is 18.5 Å². The van der Waals surface area contributed by atoms with Crippen LogP contribution in [0.1, 0.15) is 17.5 Å². The molecule has 2 aromatic carbocycles. The van der Waals surface area contributed by atoms with E-state index in [0.717, 1.165) is 12.1 Å². The topological polar surface area (TPSA) is 110 Å². The number of rotatable bonds is 5. The van der Waals surface area contributed by atoms with Gasteiger partial charge in [-0.3, -0.25) is 10.1 Å². The molecule has 0 unspecified atom stereocenters. The van der Waals surface area contributed by atoms with E-state index in [1.54, 1.807) is 12.1 Å². The second kappa shape index (κ2) is 9.51. The maximum Gasteiger partial charge on any atom is 0.269 e. The highest BCUT2D eigenvalue weighted by molar-refractivity contribution is 7.89. The number of aliphatic hydroxyl groups is 1. The summed E-state index contributed by atoms with van der Waals surface area (Å²) in [5.41, 5.74) is 1.20. The Morgan fingerprint density at radius 3 is 2.15 bits per heavy atom. The van der Waals surface area contributed by atoms with Gasteiger partial charge in [0.05, 0.1) is 9.82 Å². The molecule has 27 heavy (non-hydrogen) atoms. The van der Waals surface area contributed by atoms with E-state index in [1.807, 2.05) is 12.1 Å². The average Bonchev–Trinajstić information content (AvgIpc) is 2.67. The molecule has 2 N–H and O–H groups in total. The van der Waals surface area contributed by atoms with Gasteiger partial charge in [0, 0.05) is 36.2 Å². The van der Waals surface area contributed by atoms with Crippen molar-refractivity contribution in [1.82, 2.24) is 4.72 Å². The molecule has 0 atom stereocenters. The van der Waals surface area contributed by atoms with Crippen LogP contribution < -0.4 is 4.72 Å². The molecule has 0 fully saturated rings. The van der Waals surface area contributed by atoms with E-state index in [2.05, 4.69) is 28.4 Å². The van der Waals surface area contributed by atoms with Gasteiger partial charge in [-0.1, -0.05) is 35.8 Å².